The number of hydrogen-bond acceptors (Lipinski definition) is 4. The van der Waals surface area contributed by atoms with Gasteiger partial charge in [0.05, 0.1) is 0 Å². The fourth-order valence-corrected chi connectivity index (χ4v) is 2.52. The Kier molecular flexibility index (Phi) is 3.28. The second-order valence-corrected chi connectivity index (χ2v) is 4.80. The topological polar surface area (TPSA) is 33.7 Å². The minimum absolute atomic E-state index is 0.0233. The van der Waals surface area contributed by atoms with E-state index in [9.17, 15) is 4.39 Å². The Hall–Kier alpha value is -1.04. The Morgan fingerprint density at radius 1 is 1.33 bits per heavy atom. The van der Waals surface area contributed by atoms with Crippen LogP contribution in [0.25, 0.3) is 0 Å². The van der Waals surface area contributed by atoms with Gasteiger partial charge in [0.15, 0.2) is 11.5 Å². The molecule has 0 saturated carbocycles. The molecule has 1 aromatic carbocycles. The first kappa shape index (κ1) is 12.0. The molecule has 2 aliphatic heterocycles. The largest absolute Gasteiger partial charge is 0.454 e. The highest BCUT2D eigenvalue weighted by Gasteiger charge is 2.24. The molecule has 1 aromatic rings. The van der Waals surface area contributed by atoms with E-state index in [1.165, 1.54) is 0 Å². The van der Waals surface area contributed by atoms with Crippen LogP contribution in [0.1, 0.15) is 5.56 Å². The van der Waals surface area contributed by atoms with E-state index < -0.39 is 5.82 Å². The summed E-state index contributed by atoms with van der Waals surface area (Å²) in [6, 6.07) is 1.69. The molecule has 0 unspecified atom stereocenters. The van der Waals surface area contributed by atoms with E-state index in [2.05, 4.69) is 10.2 Å². The molecule has 0 bridgehead atoms. The summed E-state index contributed by atoms with van der Waals surface area (Å²) in [5.41, 5.74) is 0.561. The second kappa shape index (κ2) is 4.91. The minimum Gasteiger partial charge on any atom is -0.454 e. The van der Waals surface area contributed by atoms with Gasteiger partial charge in [-0.05, 0) is 6.07 Å². The average Bonchev–Trinajstić information content (AvgIpc) is 2.85. The molecule has 0 amide bonds. The van der Waals surface area contributed by atoms with Crippen molar-refractivity contribution >= 4 is 11.6 Å². The Morgan fingerprint density at radius 3 is 2.89 bits per heavy atom. The Labute approximate surface area is 110 Å². The summed E-state index contributed by atoms with van der Waals surface area (Å²) in [5, 5.41) is 3.29. The predicted octanol–water partition coefficient (Wildman–Crippen LogP) is 1.61. The van der Waals surface area contributed by atoms with E-state index in [4.69, 9.17) is 21.1 Å². The summed E-state index contributed by atoms with van der Waals surface area (Å²) in [7, 11) is 0. The van der Waals surface area contributed by atoms with Crippen LogP contribution >= 0.6 is 11.6 Å². The summed E-state index contributed by atoms with van der Waals surface area (Å²) < 4.78 is 24.5. The molecule has 1 saturated heterocycles. The molecule has 2 aliphatic rings. The van der Waals surface area contributed by atoms with Crippen LogP contribution in [0.2, 0.25) is 5.02 Å². The van der Waals surface area contributed by atoms with Crippen LogP contribution in [0, 0.1) is 5.82 Å². The van der Waals surface area contributed by atoms with Crippen molar-refractivity contribution in [3.05, 3.63) is 22.5 Å². The predicted molar refractivity (Wildman–Crippen MR) is 65.7 cm³/mol. The Bertz CT molecular complexity index is 464. The van der Waals surface area contributed by atoms with Crippen molar-refractivity contribution in [3.63, 3.8) is 0 Å². The van der Waals surface area contributed by atoms with Gasteiger partial charge < -0.3 is 14.8 Å². The Balaban J connectivity index is 1.85. The van der Waals surface area contributed by atoms with Crippen molar-refractivity contribution in [1.29, 1.82) is 0 Å². The summed E-state index contributed by atoms with van der Waals surface area (Å²) in [6.45, 7) is 4.33. The monoisotopic (exact) mass is 272 g/mol. The van der Waals surface area contributed by atoms with Crippen molar-refractivity contribution in [2.24, 2.45) is 0 Å². The molecule has 2 heterocycles. The second-order valence-electron chi connectivity index (χ2n) is 4.42. The van der Waals surface area contributed by atoms with Crippen molar-refractivity contribution in [1.82, 2.24) is 10.2 Å². The number of nitrogens with zero attached hydrogens (tertiary/aromatic N) is 1. The molecule has 6 heteroatoms. The molecular formula is C12H14ClFN2O2. The first-order valence-corrected chi connectivity index (χ1v) is 6.33. The molecule has 0 aliphatic carbocycles. The molecule has 0 spiro atoms. The summed E-state index contributed by atoms with van der Waals surface area (Å²) in [5.74, 6) is 0.448. The fourth-order valence-electron chi connectivity index (χ4n) is 2.25. The van der Waals surface area contributed by atoms with Gasteiger partial charge in [0.1, 0.15) is 10.8 Å². The van der Waals surface area contributed by atoms with E-state index in [0.717, 1.165) is 26.2 Å². The highest BCUT2D eigenvalue weighted by atomic mass is 35.5. The van der Waals surface area contributed by atoms with Crippen LogP contribution in [0.15, 0.2) is 6.07 Å². The number of nitrogens with one attached hydrogen (secondary N) is 1. The van der Waals surface area contributed by atoms with E-state index >= 15 is 0 Å². The quantitative estimate of drug-likeness (QED) is 0.887. The number of benzene rings is 1. The van der Waals surface area contributed by atoms with Gasteiger partial charge in [-0.2, -0.15) is 0 Å². The SMILES string of the molecule is Fc1c(CN2CCNCC2)cc2c(c1Cl)OCO2. The lowest BCUT2D eigenvalue weighted by molar-refractivity contribution is 0.174. The zero-order valence-electron chi connectivity index (χ0n) is 9.84. The number of hydrogen-bond donors (Lipinski definition) is 1. The molecule has 3 rings (SSSR count). The molecule has 1 N–H and O–H groups in total. The number of halogens is 2. The number of rotatable bonds is 2. The fraction of sp³-hybridized carbons (Fsp3) is 0.500. The molecular weight excluding hydrogens is 259 g/mol. The molecule has 0 atom stereocenters. The van der Waals surface area contributed by atoms with Gasteiger partial charge >= 0.3 is 0 Å². The van der Waals surface area contributed by atoms with Crippen molar-refractivity contribution in [3.8, 4) is 11.5 Å². The molecule has 0 radical (unpaired) electrons. The molecule has 18 heavy (non-hydrogen) atoms. The molecule has 4 nitrogen and oxygen atoms in total. The molecule has 98 valence electrons. The number of piperazine rings is 1. The lowest BCUT2D eigenvalue weighted by atomic mass is 10.1. The Morgan fingerprint density at radius 2 is 2.11 bits per heavy atom. The van der Waals surface area contributed by atoms with Gasteiger partial charge in [-0.1, -0.05) is 11.6 Å². The van der Waals surface area contributed by atoms with Gasteiger partial charge in [-0.15, -0.1) is 0 Å². The van der Waals surface area contributed by atoms with E-state index in [1.807, 2.05) is 0 Å². The zero-order chi connectivity index (χ0) is 12.5. The van der Waals surface area contributed by atoms with Crippen LogP contribution in [0.5, 0.6) is 11.5 Å². The third kappa shape index (κ3) is 2.13. The van der Waals surface area contributed by atoms with Crippen LogP contribution in [0.3, 0.4) is 0 Å². The maximum atomic E-state index is 14.1. The third-order valence-corrected chi connectivity index (χ3v) is 3.56. The van der Waals surface area contributed by atoms with Gasteiger partial charge in [-0.25, -0.2) is 4.39 Å². The number of ether oxygens (including phenoxy) is 2. The lowest BCUT2D eigenvalue weighted by Crippen LogP contribution is -2.43. The van der Waals surface area contributed by atoms with Crippen LogP contribution in [-0.2, 0) is 6.54 Å². The standard InChI is InChI=1S/C12H14ClFN2O2/c13-10-11(14)8(5-9-12(10)18-7-17-9)6-16-3-1-15-2-4-16/h5,15H,1-4,6-7H2. The maximum absolute atomic E-state index is 14.1. The van der Waals surface area contributed by atoms with Crippen molar-refractivity contribution < 1.29 is 13.9 Å². The van der Waals surface area contributed by atoms with E-state index in [0.29, 0.717) is 23.6 Å². The summed E-state index contributed by atoms with van der Waals surface area (Å²) in [4.78, 5) is 2.19. The van der Waals surface area contributed by atoms with Crippen LogP contribution in [-0.4, -0.2) is 37.9 Å². The molecule has 1 fully saturated rings. The average molecular weight is 273 g/mol. The maximum Gasteiger partial charge on any atom is 0.231 e. The minimum atomic E-state index is -0.403. The van der Waals surface area contributed by atoms with Crippen molar-refractivity contribution in [2.75, 3.05) is 33.0 Å². The van der Waals surface area contributed by atoms with Gasteiger partial charge in [0.2, 0.25) is 6.79 Å². The highest BCUT2D eigenvalue weighted by molar-refractivity contribution is 6.32. The summed E-state index contributed by atoms with van der Waals surface area (Å²) in [6.07, 6.45) is 0. The van der Waals surface area contributed by atoms with Crippen LogP contribution < -0.4 is 14.8 Å². The van der Waals surface area contributed by atoms with Crippen LogP contribution in [0.4, 0.5) is 4.39 Å². The van der Waals surface area contributed by atoms with E-state index in [1.54, 1.807) is 6.07 Å². The van der Waals surface area contributed by atoms with Crippen molar-refractivity contribution in [2.45, 2.75) is 6.54 Å². The number of fused-ring (bicyclic) bond motifs is 1. The zero-order valence-corrected chi connectivity index (χ0v) is 10.6. The third-order valence-electron chi connectivity index (χ3n) is 3.22. The molecule has 0 aromatic heterocycles. The first-order valence-electron chi connectivity index (χ1n) is 5.95. The normalized spacial score (nSPS) is 19.2. The first-order chi connectivity index (χ1) is 8.75. The van der Waals surface area contributed by atoms with E-state index in [-0.39, 0.29) is 11.8 Å². The lowest BCUT2D eigenvalue weighted by Gasteiger charge is -2.27. The van der Waals surface area contributed by atoms with Gasteiger partial charge in [0, 0.05) is 38.3 Å². The van der Waals surface area contributed by atoms with Gasteiger partial charge in [-0.3, -0.25) is 4.90 Å². The summed E-state index contributed by atoms with van der Waals surface area (Å²) >= 11 is 5.95. The highest BCUT2D eigenvalue weighted by Crippen LogP contribution is 2.42. The van der Waals surface area contributed by atoms with Gasteiger partial charge in [0.25, 0.3) is 0 Å². The smallest absolute Gasteiger partial charge is 0.231 e.